The molecule has 2 heteroatoms. The molecule has 0 aliphatic rings. The number of nitrogens with one attached hydrogen (secondary N) is 1. The molecule has 0 aromatic carbocycles. The third kappa shape index (κ3) is 15.9. The molecule has 0 saturated heterocycles. The lowest BCUT2D eigenvalue weighted by Crippen LogP contribution is -2.29. The van der Waals surface area contributed by atoms with E-state index in [1.165, 1.54) is 70.6 Å². The predicted molar refractivity (Wildman–Crippen MR) is 85.4 cm³/mol. The summed E-state index contributed by atoms with van der Waals surface area (Å²) < 4.78 is 0. The second-order valence-corrected chi connectivity index (χ2v) is 5.79. The van der Waals surface area contributed by atoms with Crippen molar-refractivity contribution in [3.8, 4) is 0 Å². The van der Waals surface area contributed by atoms with E-state index >= 15 is 0 Å². The third-order valence-electron chi connectivity index (χ3n) is 3.74. The zero-order valence-corrected chi connectivity index (χ0v) is 13.4. The first kappa shape index (κ1) is 18.9. The molecule has 0 fully saturated rings. The van der Waals surface area contributed by atoms with E-state index in [2.05, 4.69) is 19.2 Å². The fraction of sp³-hybridized carbons (Fsp3) is 1.00. The molecule has 0 amide bonds. The van der Waals surface area contributed by atoms with Crippen molar-refractivity contribution in [2.45, 2.75) is 104 Å². The summed E-state index contributed by atoms with van der Waals surface area (Å²) in [5.74, 6) is 0. The van der Waals surface area contributed by atoms with Gasteiger partial charge < -0.3 is 5.11 Å². The molecule has 0 aromatic rings. The van der Waals surface area contributed by atoms with Crippen LogP contribution in [0.25, 0.3) is 0 Å². The molecule has 2 nitrogen and oxygen atoms in total. The fourth-order valence-corrected chi connectivity index (χ4v) is 2.39. The van der Waals surface area contributed by atoms with Crippen LogP contribution < -0.4 is 5.32 Å². The molecule has 0 aliphatic carbocycles. The molecule has 2 N–H and O–H groups in total. The number of aliphatic hydroxyl groups is 1. The van der Waals surface area contributed by atoms with Gasteiger partial charge in [-0.3, -0.25) is 5.32 Å². The van der Waals surface area contributed by atoms with E-state index in [4.69, 9.17) is 0 Å². The van der Waals surface area contributed by atoms with Crippen LogP contribution >= 0.6 is 0 Å². The summed E-state index contributed by atoms with van der Waals surface area (Å²) in [5.41, 5.74) is 0. The quantitative estimate of drug-likeness (QED) is 0.324. The molecule has 0 spiro atoms. The van der Waals surface area contributed by atoms with Gasteiger partial charge in [0.1, 0.15) is 6.23 Å². The smallest absolute Gasteiger partial charge is 0.104 e. The van der Waals surface area contributed by atoms with Crippen LogP contribution in [0.1, 0.15) is 97.3 Å². The molecule has 116 valence electrons. The fourth-order valence-electron chi connectivity index (χ4n) is 2.39. The van der Waals surface area contributed by atoms with Crippen LogP contribution in [0.2, 0.25) is 0 Å². The van der Waals surface area contributed by atoms with Crippen molar-refractivity contribution in [3.05, 3.63) is 0 Å². The normalized spacial score (nSPS) is 12.8. The summed E-state index contributed by atoms with van der Waals surface area (Å²) in [4.78, 5) is 0. The summed E-state index contributed by atoms with van der Waals surface area (Å²) in [6.45, 7) is 5.47. The Hall–Kier alpha value is -0.0800. The lowest BCUT2D eigenvalue weighted by Gasteiger charge is -2.12. The molecular weight excluding hydrogens is 234 g/mol. The van der Waals surface area contributed by atoms with Crippen molar-refractivity contribution >= 4 is 0 Å². The average molecular weight is 271 g/mol. The Morgan fingerprint density at radius 2 is 1.16 bits per heavy atom. The van der Waals surface area contributed by atoms with Gasteiger partial charge in [-0.15, -0.1) is 0 Å². The minimum atomic E-state index is -0.276. The van der Waals surface area contributed by atoms with E-state index in [9.17, 15) is 5.11 Å². The molecule has 1 unspecified atom stereocenters. The molecule has 0 rings (SSSR count). The summed E-state index contributed by atoms with van der Waals surface area (Å²) in [7, 11) is 0. The number of rotatable bonds is 15. The number of aliphatic hydroxyl groups excluding tert-OH is 1. The highest BCUT2D eigenvalue weighted by Gasteiger charge is 2.01. The van der Waals surface area contributed by atoms with Crippen LogP contribution in [0, 0.1) is 0 Å². The second kappa shape index (κ2) is 16.0. The number of hydrogen-bond donors (Lipinski definition) is 2. The van der Waals surface area contributed by atoms with Gasteiger partial charge in [-0.2, -0.15) is 0 Å². The number of hydrogen-bond acceptors (Lipinski definition) is 2. The first-order valence-corrected chi connectivity index (χ1v) is 8.72. The molecule has 19 heavy (non-hydrogen) atoms. The molecule has 0 heterocycles. The zero-order valence-electron chi connectivity index (χ0n) is 13.4. The first-order valence-electron chi connectivity index (χ1n) is 8.72. The van der Waals surface area contributed by atoms with E-state index in [1.807, 2.05) is 0 Å². The Morgan fingerprint density at radius 3 is 1.74 bits per heavy atom. The van der Waals surface area contributed by atoms with E-state index in [1.54, 1.807) is 0 Å². The van der Waals surface area contributed by atoms with Gasteiger partial charge in [-0.25, -0.2) is 0 Å². The van der Waals surface area contributed by atoms with Crippen LogP contribution in [0.5, 0.6) is 0 Å². The van der Waals surface area contributed by atoms with Crippen LogP contribution in [-0.2, 0) is 0 Å². The van der Waals surface area contributed by atoms with Gasteiger partial charge in [0, 0.05) is 0 Å². The second-order valence-electron chi connectivity index (χ2n) is 5.79. The highest BCUT2D eigenvalue weighted by Crippen LogP contribution is 2.08. The van der Waals surface area contributed by atoms with Gasteiger partial charge in [0.15, 0.2) is 0 Å². The molecule has 0 radical (unpaired) electrons. The summed E-state index contributed by atoms with van der Waals surface area (Å²) in [6, 6.07) is 0. The van der Waals surface area contributed by atoms with Gasteiger partial charge in [-0.05, 0) is 25.8 Å². The minimum Gasteiger partial charge on any atom is -0.379 e. The largest absolute Gasteiger partial charge is 0.379 e. The van der Waals surface area contributed by atoms with Crippen molar-refractivity contribution in [2.75, 3.05) is 6.54 Å². The van der Waals surface area contributed by atoms with Crippen LogP contribution in [0.3, 0.4) is 0 Å². The lowest BCUT2D eigenvalue weighted by molar-refractivity contribution is 0.124. The van der Waals surface area contributed by atoms with Gasteiger partial charge in [0.05, 0.1) is 0 Å². The predicted octanol–water partition coefficient (Wildman–Crippen LogP) is 5.01. The maximum atomic E-state index is 9.78. The van der Waals surface area contributed by atoms with E-state index in [0.717, 1.165) is 19.4 Å². The molecular formula is C17H37NO. The SMILES string of the molecule is CCCCCCCCNC(O)CCCCCCCC. The van der Waals surface area contributed by atoms with Gasteiger partial charge >= 0.3 is 0 Å². The molecule has 0 aromatic heterocycles. The Bertz CT molecular complexity index is 161. The van der Waals surface area contributed by atoms with Crippen LogP contribution in [0.15, 0.2) is 0 Å². The van der Waals surface area contributed by atoms with Crippen molar-refractivity contribution in [2.24, 2.45) is 0 Å². The van der Waals surface area contributed by atoms with Crippen molar-refractivity contribution < 1.29 is 5.11 Å². The Morgan fingerprint density at radius 1 is 0.684 bits per heavy atom. The Balaban J connectivity index is 3.10. The van der Waals surface area contributed by atoms with Crippen molar-refractivity contribution in [1.82, 2.24) is 5.32 Å². The molecule has 0 aliphatic heterocycles. The summed E-state index contributed by atoms with van der Waals surface area (Å²) >= 11 is 0. The standard InChI is InChI=1S/C17H37NO/c1-3-5-7-9-11-13-15-17(19)18-16-14-12-10-8-6-4-2/h17-19H,3-16H2,1-2H3. The average Bonchev–Trinajstić information content (AvgIpc) is 2.41. The number of unbranched alkanes of at least 4 members (excludes halogenated alkanes) is 10. The molecule has 1 atom stereocenters. The van der Waals surface area contributed by atoms with Crippen LogP contribution in [-0.4, -0.2) is 17.9 Å². The minimum absolute atomic E-state index is 0.276. The van der Waals surface area contributed by atoms with E-state index < -0.39 is 0 Å². The lowest BCUT2D eigenvalue weighted by atomic mass is 10.1. The Labute approximate surface area is 121 Å². The first-order chi connectivity index (χ1) is 9.31. The monoisotopic (exact) mass is 271 g/mol. The maximum absolute atomic E-state index is 9.78. The zero-order chi connectivity index (χ0) is 14.2. The maximum Gasteiger partial charge on any atom is 0.104 e. The summed E-state index contributed by atoms with van der Waals surface area (Å²) in [6.07, 6.45) is 16.3. The van der Waals surface area contributed by atoms with E-state index in [0.29, 0.717) is 0 Å². The topological polar surface area (TPSA) is 32.3 Å². The van der Waals surface area contributed by atoms with Crippen molar-refractivity contribution in [1.29, 1.82) is 0 Å². The highest BCUT2D eigenvalue weighted by atomic mass is 16.3. The third-order valence-corrected chi connectivity index (χ3v) is 3.74. The van der Waals surface area contributed by atoms with E-state index in [-0.39, 0.29) is 6.23 Å². The molecule has 0 saturated carbocycles. The van der Waals surface area contributed by atoms with Gasteiger partial charge in [0.25, 0.3) is 0 Å². The van der Waals surface area contributed by atoms with Crippen LogP contribution in [0.4, 0.5) is 0 Å². The highest BCUT2D eigenvalue weighted by molar-refractivity contribution is 4.55. The Kier molecular flexibility index (Phi) is 15.9. The summed E-state index contributed by atoms with van der Waals surface area (Å²) in [5, 5.41) is 13.0. The van der Waals surface area contributed by atoms with Crippen molar-refractivity contribution in [3.63, 3.8) is 0 Å². The van der Waals surface area contributed by atoms with Gasteiger partial charge in [0.2, 0.25) is 0 Å². The molecule has 0 bridgehead atoms. The van der Waals surface area contributed by atoms with Gasteiger partial charge in [-0.1, -0.05) is 78.1 Å².